The van der Waals surface area contributed by atoms with Crippen molar-refractivity contribution in [1.82, 2.24) is 14.9 Å². The molecule has 0 atom stereocenters. The fourth-order valence-electron chi connectivity index (χ4n) is 3.55. The van der Waals surface area contributed by atoms with E-state index in [1.54, 1.807) is 18.6 Å². The Balaban J connectivity index is 1.27. The van der Waals surface area contributed by atoms with Crippen LogP contribution in [-0.4, -0.2) is 60.2 Å². The molecule has 0 saturated carbocycles. The zero-order valence-corrected chi connectivity index (χ0v) is 16.6. The number of ether oxygens (including phenoxy) is 2. The van der Waals surface area contributed by atoms with E-state index in [0.717, 1.165) is 45.7 Å². The van der Waals surface area contributed by atoms with Crippen LogP contribution in [-0.2, 0) is 0 Å². The summed E-state index contributed by atoms with van der Waals surface area (Å²) in [5.41, 5.74) is 1.03. The lowest BCUT2D eigenvalue weighted by molar-refractivity contribution is 0.0751. The summed E-state index contributed by atoms with van der Waals surface area (Å²) < 4.78 is 11.3. The standard InChI is InChI=1S/C21H20N4O3S/c26-21(25-9-7-24(8-10-25)20-14-22-5-6-23-20)19-4-3-18(29-19)15-1-2-16-17(13-15)28-12-11-27-16/h1-6,13-14H,7-12H2. The Morgan fingerprint density at radius 1 is 0.966 bits per heavy atom. The number of carbonyl (C=O) groups excluding carboxylic acids is 1. The number of amides is 1. The molecule has 3 aromatic rings. The quantitative estimate of drug-likeness (QED) is 0.664. The molecule has 1 fully saturated rings. The highest BCUT2D eigenvalue weighted by Gasteiger charge is 2.24. The summed E-state index contributed by atoms with van der Waals surface area (Å²) in [4.78, 5) is 27.3. The summed E-state index contributed by atoms with van der Waals surface area (Å²) >= 11 is 1.51. The van der Waals surface area contributed by atoms with Crippen molar-refractivity contribution in [2.75, 3.05) is 44.3 Å². The largest absolute Gasteiger partial charge is 0.486 e. The van der Waals surface area contributed by atoms with Crippen molar-refractivity contribution in [3.8, 4) is 21.9 Å². The van der Waals surface area contributed by atoms with Crippen molar-refractivity contribution in [2.45, 2.75) is 0 Å². The molecule has 148 valence electrons. The highest BCUT2D eigenvalue weighted by molar-refractivity contribution is 7.17. The Labute approximate surface area is 172 Å². The molecule has 0 N–H and O–H groups in total. The molecular formula is C21H20N4O3S. The molecule has 2 aliphatic heterocycles. The maximum absolute atomic E-state index is 13.0. The van der Waals surface area contributed by atoms with Crippen LogP contribution in [0.5, 0.6) is 11.5 Å². The minimum Gasteiger partial charge on any atom is -0.486 e. The van der Waals surface area contributed by atoms with E-state index in [-0.39, 0.29) is 5.91 Å². The number of anilines is 1. The molecular weight excluding hydrogens is 388 g/mol. The summed E-state index contributed by atoms with van der Waals surface area (Å²) in [6.07, 6.45) is 5.12. The second kappa shape index (κ2) is 7.71. The molecule has 1 saturated heterocycles. The van der Waals surface area contributed by atoms with Crippen LogP contribution in [0.4, 0.5) is 5.82 Å². The molecule has 0 bridgehead atoms. The third-order valence-corrected chi connectivity index (χ3v) is 6.21. The molecule has 0 unspecified atom stereocenters. The van der Waals surface area contributed by atoms with Gasteiger partial charge in [-0.05, 0) is 35.9 Å². The lowest BCUT2D eigenvalue weighted by Crippen LogP contribution is -2.48. The van der Waals surface area contributed by atoms with Gasteiger partial charge in [-0.3, -0.25) is 9.78 Å². The molecule has 0 spiro atoms. The minimum atomic E-state index is 0.0811. The summed E-state index contributed by atoms with van der Waals surface area (Å²) in [5.74, 6) is 2.47. The van der Waals surface area contributed by atoms with Gasteiger partial charge in [-0.1, -0.05) is 0 Å². The van der Waals surface area contributed by atoms with Gasteiger partial charge in [0.2, 0.25) is 0 Å². The van der Waals surface area contributed by atoms with Crippen LogP contribution < -0.4 is 14.4 Å². The maximum Gasteiger partial charge on any atom is 0.264 e. The molecule has 1 aromatic carbocycles. The van der Waals surface area contributed by atoms with Gasteiger partial charge < -0.3 is 19.3 Å². The van der Waals surface area contributed by atoms with E-state index >= 15 is 0 Å². The number of thiophene rings is 1. The molecule has 8 heteroatoms. The first kappa shape index (κ1) is 17.9. The first-order valence-corrected chi connectivity index (χ1v) is 10.4. The van der Waals surface area contributed by atoms with Crippen molar-refractivity contribution in [3.63, 3.8) is 0 Å². The van der Waals surface area contributed by atoms with Crippen molar-refractivity contribution in [1.29, 1.82) is 0 Å². The van der Waals surface area contributed by atoms with E-state index in [9.17, 15) is 4.79 Å². The molecule has 4 heterocycles. The third kappa shape index (κ3) is 3.63. The van der Waals surface area contributed by atoms with E-state index in [1.165, 1.54) is 11.3 Å². The molecule has 5 rings (SSSR count). The summed E-state index contributed by atoms with van der Waals surface area (Å²) in [7, 11) is 0. The van der Waals surface area contributed by atoms with Crippen LogP contribution in [0.2, 0.25) is 0 Å². The number of carbonyl (C=O) groups is 1. The Morgan fingerprint density at radius 2 is 1.79 bits per heavy atom. The number of hydrogen-bond acceptors (Lipinski definition) is 7. The second-order valence-corrected chi connectivity index (χ2v) is 7.95. The maximum atomic E-state index is 13.0. The Kier molecular flexibility index (Phi) is 4.77. The average Bonchev–Trinajstić information content (AvgIpc) is 3.29. The highest BCUT2D eigenvalue weighted by atomic mass is 32.1. The first-order valence-electron chi connectivity index (χ1n) is 9.58. The van der Waals surface area contributed by atoms with Crippen molar-refractivity contribution < 1.29 is 14.3 Å². The predicted octanol–water partition coefficient (Wildman–Crippen LogP) is 2.94. The highest BCUT2D eigenvalue weighted by Crippen LogP contribution is 2.37. The van der Waals surface area contributed by atoms with Gasteiger partial charge in [0.05, 0.1) is 11.1 Å². The van der Waals surface area contributed by atoms with Crippen LogP contribution in [0.3, 0.4) is 0 Å². The van der Waals surface area contributed by atoms with Crippen LogP contribution in [0.25, 0.3) is 10.4 Å². The molecule has 0 aliphatic carbocycles. The van der Waals surface area contributed by atoms with Gasteiger partial charge in [-0.25, -0.2) is 4.98 Å². The van der Waals surface area contributed by atoms with Gasteiger partial charge in [0.1, 0.15) is 19.0 Å². The van der Waals surface area contributed by atoms with Crippen LogP contribution in [0.15, 0.2) is 48.9 Å². The van der Waals surface area contributed by atoms with Gasteiger partial charge in [-0.15, -0.1) is 11.3 Å². The van der Waals surface area contributed by atoms with E-state index in [0.29, 0.717) is 26.3 Å². The van der Waals surface area contributed by atoms with Gasteiger partial charge in [0.25, 0.3) is 5.91 Å². The number of fused-ring (bicyclic) bond motifs is 1. The van der Waals surface area contributed by atoms with E-state index in [4.69, 9.17) is 9.47 Å². The predicted molar refractivity (Wildman–Crippen MR) is 111 cm³/mol. The Bertz CT molecular complexity index is 1020. The van der Waals surface area contributed by atoms with E-state index in [1.807, 2.05) is 35.2 Å². The zero-order valence-electron chi connectivity index (χ0n) is 15.8. The zero-order chi connectivity index (χ0) is 19.6. The van der Waals surface area contributed by atoms with Crippen LogP contribution in [0.1, 0.15) is 9.67 Å². The Hall–Kier alpha value is -3.13. The van der Waals surface area contributed by atoms with Crippen LogP contribution >= 0.6 is 11.3 Å². The molecule has 2 aliphatic rings. The molecule has 29 heavy (non-hydrogen) atoms. The fourth-order valence-corrected chi connectivity index (χ4v) is 4.52. The number of nitrogens with zero attached hydrogens (tertiary/aromatic N) is 4. The molecule has 7 nitrogen and oxygen atoms in total. The molecule has 0 radical (unpaired) electrons. The monoisotopic (exact) mass is 408 g/mol. The summed E-state index contributed by atoms with van der Waals surface area (Å²) in [5, 5.41) is 0. The fraction of sp³-hybridized carbons (Fsp3) is 0.286. The van der Waals surface area contributed by atoms with Gasteiger partial charge in [-0.2, -0.15) is 0 Å². The number of aromatic nitrogens is 2. The number of rotatable bonds is 3. The number of hydrogen-bond donors (Lipinski definition) is 0. The SMILES string of the molecule is O=C(c1ccc(-c2ccc3c(c2)OCCO3)s1)N1CCN(c2cnccn2)CC1. The van der Waals surface area contributed by atoms with Gasteiger partial charge >= 0.3 is 0 Å². The van der Waals surface area contributed by atoms with Crippen LogP contribution in [0, 0.1) is 0 Å². The lowest BCUT2D eigenvalue weighted by atomic mass is 10.1. The summed E-state index contributed by atoms with van der Waals surface area (Å²) in [6, 6.07) is 9.82. The van der Waals surface area contributed by atoms with Gasteiger partial charge in [0, 0.05) is 43.4 Å². The minimum absolute atomic E-state index is 0.0811. The smallest absolute Gasteiger partial charge is 0.264 e. The van der Waals surface area contributed by atoms with E-state index in [2.05, 4.69) is 14.9 Å². The normalized spacial score (nSPS) is 16.0. The lowest BCUT2D eigenvalue weighted by Gasteiger charge is -2.35. The van der Waals surface area contributed by atoms with Gasteiger partial charge in [0.15, 0.2) is 11.5 Å². The third-order valence-electron chi connectivity index (χ3n) is 5.08. The summed E-state index contributed by atoms with van der Waals surface area (Å²) in [6.45, 7) is 3.99. The first-order chi connectivity index (χ1) is 14.3. The average molecular weight is 408 g/mol. The van der Waals surface area contributed by atoms with Crippen molar-refractivity contribution >= 4 is 23.1 Å². The van der Waals surface area contributed by atoms with Crippen molar-refractivity contribution in [3.05, 3.63) is 53.8 Å². The topological polar surface area (TPSA) is 67.8 Å². The number of benzene rings is 1. The van der Waals surface area contributed by atoms with Crippen molar-refractivity contribution in [2.24, 2.45) is 0 Å². The molecule has 1 amide bonds. The number of piperazine rings is 1. The van der Waals surface area contributed by atoms with E-state index < -0.39 is 0 Å². The Morgan fingerprint density at radius 3 is 2.59 bits per heavy atom. The molecule has 2 aromatic heterocycles. The second-order valence-electron chi connectivity index (χ2n) is 6.87.